The maximum atomic E-state index is 13.5. The number of hydrogen-bond acceptors (Lipinski definition) is 6. The summed E-state index contributed by atoms with van der Waals surface area (Å²) < 4.78 is 33.8. The summed E-state index contributed by atoms with van der Waals surface area (Å²) in [7, 11) is -0.486. The minimum atomic E-state index is -4.03. The van der Waals surface area contributed by atoms with E-state index in [-0.39, 0.29) is 4.90 Å². The van der Waals surface area contributed by atoms with Crippen LogP contribution in [0.3, 0.4) is 0 Å². The molecule has 0 unspecified atom stereocenters. The molecule has 2 aromatic carbocycles. The van der Waals surface area contributed by atoms with Crippen molar-refractivity contribution in [3.63, 3.8) is 0 Å². The topological polar surface area (TPSA) is 91.3 Å². The average Bonchev–Trinajstić information content (AvgIpc) is 2.77. The van der Waals surface area contributed by atoms with E-state index in [4.69, 9.17) is 4.74 Å². The molecule has 3 rings (SSSR count). The monoisotopic (exact) mass is 522 g/mol. The molecule has 172 valence electrons. The van der Waals surface area contributed by atoms with Gasteiger partial charge in [0.25, 0.3) is 15.9 Å². The Kier molecular flexibility index (Phi) is 7.91. The number of halogens is 1. The Morgan fingerprint density at radius 3 is 2.44 bits per heavy atom. The second kappa shape index (κ2) is 10.5. The van der Waals surface area contributed by atoms with Gasteiger partial charge in [0, 0.05) is 31.6 Å². The molecule has 1 aliphatic rings. The number of likely N-dealkylation sites (tertiary alicyclic amines) is 1. The van der Waals surface area contributed by atoms with E-state index in [9.17, 15) is 13.2 Å². The van der Waals surface area contributed by atoms with Crippen LogP contribution in [0.25, 0.3) is 0 Å². The fraction of sp³-hybridized carbons (Fsp3) is 0.364. The molecule has 32 heavy (non-hydrogen) atoms. The molecule has 0 atom stereocenters. The molecule has 10 heteroatoms. The van der Waals surface area contributed by atoms with Gasteiger partial charge in [-0.2, -0.15) is 5.10 Å². The fourth-order valence-electron chi connectivity index (χ4n) is 3.26. The lowest BCUT2D eigenvalue weighted by Gasteiger charge is -2.25. The molecular formula is C22H27BrN4O4S. The van der Waals surface area contributed by atoms with Gasteiger partial charge in [-0.15, -0.1) is 0 Å². The Bertz CT molecular complexity index is 1090. The Balaban J connectivity index is 1.87. The first-order valence-corrected chi connectivity index (χ1v) is 12.4. The molecule has 0 spiro atoms. The van der Waals surface area contributed by atoms with Gasteiger partial charge in [-0.3, -0.25) is 9.10 Å². The van der Waals surface area contributed by atoms with E-state index in [0.29, 0.717) is 15.9 Å². The third-order valence-corrected chi connectivity index (χ3v) is 7.61. The molecule has 0 bridgehead atoms. The normalized spacial score (nSPS) is 14.7. The van der Waals surface area contributed by atoms with E-state index >= 15 is 0 Å². The molecule has 1 amide bonds. The Morgan fingerprint density at radius 1 is 1.19 bits per heavy atom. The van der Waals surface area contributed by atoms with Crippen molar-refractivity contribution in [2.75, 3.05) is 38.1 Å². The summed E-state index contributed by atoms with van der Waals surface area (Å²) in [6, 6.07) is 11.5. The van der Waals surface area contributed by atoms with Crippen LogP contribution in [0.1, 0.15) is 18.4 Å². The summed E-state index contributed by atoms with van der Waals surface area (Å²) in [5.74, 6) is 0.00526. The predicted octanol–water partition coefficient (Wildman–Crippen LogP) is 3.16. The van der Waals surface area contributed by atoms with Gasteiger partial charge in [0.1, 0.15) is 12.3 Å². The number of carbonyl (C=O) groups excluding carboxylic acids is 1. The van der Waals surface area contributed by atoms with Crippen LogP contribution >= 0.6 is 15.9 Å². The van der Waals surface area contributed by atoms with Crippen LogP contribution in [0.2, 0.25) is 0 Å². The molecule has 1 heterocycles. The van der Waals surface area contributed by atoms with Crippen LogP contribution < -0.4 is 14.5 Å². The van der Waals surface area contributed by atoms with Crippen molar-refractivity contribution < 1.29 is 17.9 Å². The third-order valence-electron chi connectivity index (χ3n) is 5.22. The van der Waals surface area contributed by atoms with Crippen molar-refractivity contribution in [2.45, 2.75) is 24.7 Å². The van der Waals surface area contributed by atoms with Gasteiger partial charge in [-0.1, -0.05) is 17.7 Å². The highest BCUT2D eigenvalue weighted by atomic mass is 79.9. The van der Waals surface area contributed by atoms with Crippen LogP contribution in [0.4, 0.5) is 5.69 Å². The van der Waals surface area contributed by atoms with Crippen molar-refractivity contribution in [3.05, 3.63) is 52.5 Å². The van der Waals surface area contributed by atoms with Crippen molar-refractivity contribution in [1.82, 2.24) is 10.3 Å². The van der Waals surface area contributed by atoms with Crippen LogP contribution in [-0.4, -0.2) is 58.7 Å². The van der Waals surface area contributed by atoms with Gasteiger partial charge in [0.15, 0.2) is 0 Å². The van der Waals surface area contributed by atoms with Crippen LogP contribution in [0, 0.1) is 6.92 Å². The van der Waals surface area contributed by atoms with Gasteiger partial charge >= 0.3 is 0 Å². The van der Waals surface area contributed by atoms with E-state index in [1.807, 2.05) is 14.0 Å². The lowest BCUT2D eigenvalue weighted by molar-refractivity contribution is -0.119. The summed E-state index contributed by atoms with van der Waals surface area (Å²) in [5, 5.41) is 4.21. The predicted molar refractivity (Wildman–Crippen MR) is 129 cm³/mol. The average molecular weight is 523 g/mol. The molecule has 1 aliphatic heterocycles. The minimum absolute atomic E-state index is 0.0418. The first-order chi connectivity index (χ1) is 15.2. The van der Waals surface area contributed by atoms with Crippen LogP contribution in [0.5, 0.6) is 5.75 Å². The summed E-state index contributed by atoms with van der Waals surface area (Å²) >= 11 is 3.33. The van der Waals surface area contributed by atoms with Gasteiger partial charge in [0.05, 0.1) is 22.2 Å². The number of ether oxygens (including phenoxy) is 1. The van der Waals surface area contributed by atoms with Crippen molar-refractivity contribution in [3.8, 4) is 5.75 Å². The summed E-state index contributed by atoms with van der Waals surface area (Å²) in [6.07, 6.45) is 1.55. The molecule has 1 fully saturated rings. The van der Waals surface area contributed by atoms with E-state index in [1.54, 1.807) is 30.3 Å². The lowest BCUT2D eigenvalue weighted by atomic mass is 10.1. The zero-order chi connectivity index (χ0) is 23.3. The number of aryl methyl sites for hydroxylation is 1. The number of methoxy groups -OCH3 is 1. The molecule has 0 aromatic heterocycles. The fourth-order valence-corrected chi connectivity index (χ4v) is 5.40. The standard InChI is InChI=1S/C22H27BrN4O4S/c1-16-4-6-18(7-5-16)27(15-22(28)25-24-17-10-12-26(2)13-11-17)32(29,30)19-8-9-21(31-3)20(23)14-19/h4-9,14H,10-13,15H2,1-3H3,(H,25,28). The summed E-state index contributed by atoms with van der Waals surface area (Å²) in [4.78, 5) is 14.9. The van der Waals surface area contributed by atoms with Crippen molar-refractivity contribution >= 4 is 43.3 Å². The number of amides is 1. The maximum Gasteiger partial charge on any atom is 0.264 e. The molecule has 2 aromatic rings. The van der Waals surface area contributed by atoms with Crippen LogP contribution in [0.15, 0.2) is 56.9 Å². The summed E-state index contributed by atoms with van der Waals surface area (Å²) in [5.41, 5.74) is 4.81. The van der Waals surface area contributed by atoms with Gasteiger partial charge in [-0.05, 0) is 60.2 Å². The number of hydrazone groups is 1. The highest BCUT2D eigenvalue weighted by Crippen LogP contribution is 2.30. The summed E-state index contributed by atoms with van der Waals surface area (Å²) in [6.45, 7) is 3.27. The molecule has 0 saturated carbocycles. The molecular weight excluding hydrogens is 496 g/mol. The maximum absolute atomic E-state index is 13.5. The number of nitrogens with zero attached hydrogens (tertiary/aromatic N) is 3. The number of carbonyl (C=O) groups is 1. The third kappa shape index (κ3) is 5.87. The van der Waals surface area contributed by atoms with E-state index in [2.05, 4.69) is 31.4 Å². The van der Waals surface area contributed by atoms with E-state index in [1.165, 1.54) is 19.2 Å². The quantitative estimate of drug-likeness (QED) is 0.564. The van der Waals surface area contributed by atoms with Gasteiger partial charge in [-0.25, -0.2) is 13.8 Å². The zero-order valence-electron chi connectivity index (χ0n) is 18.3. The number of benzene rings is 2. The number of nitrogens with one attached hydrogen (secondary N) is 1. The Morgan fingerprint density at radius 2 is 1.84 bits per heavy atom. The number of hydrogen-bond donors (Lipinski definition) is 1. The smallest absolute Gasteiger partial charge is 0.264 e. The van der Waals surface area contributed by atoms with E-state index in [0.717, 1.165) is 41.5 Å². The minimum Gasteiger partial charge on any atom is -0.496 e. The molecule has 0 aliphatic carbocycles. The number of rotatable bonds is 7. The largest absolute Gasteiger partial charge is 0.496 e. The number of anilines is 1. The van der Waals surface area contributed by atoms with Gasteiger partial charge < -0.3 is 9.64 Å². The van der Waals surface area contributed by atoms with E-state index < -0.39 is 22.5 Å². The Labute approximate surface area is 197 Å². The molecule has 8 nitrogen and oxygen atoms in total. The molecule has 0 radical (unpaired) electrons. The first kappa shape index (κ1) is 24.2. The highest BCUT2D eigenvalue weighted by Gasteiger charge is 2.28. The van der Waals surface area contributed by atoms with Crippen LogP contribution in [-0.2, 0) is 14.8 Å². The van der Waals surface area contributed by atoms with Gasteiger partial charge in [0.2, 0.25) is 0 Å². The van der Waals surface area contributed by atoms with Crippen molar-refractivity contribution in [2.24, 2.45) is 5.10 Å². The molecule has 1 N–H and O–H groups in total. The second-order valence-electron chi connectivity index (χ2n) is 7.66. The number of sulfonamides is 1. The van der Waals surface area contributed by atoms with Crippen molar-refractivity contribution in [1.29, 1.82) is 0 Å². The number of piperidine rings is 1. The Hall–Kier alpha value is -2.43. The SMILES string of the molecule is COc1ccc(S(=O)(=O)N(CC(=O)NN=C2CCN(C)CC2)c2ccc(C)cc2)cc1Br. The highest BCUT2D eigenvalue weighted by molar-refractivity contribution is 9.10. The second-order valence-corrected chi connectivity index (χ2v) is 10.4. The zero-order valence-corrected chi connectivity index (χ0v) is 20.7. The lowest BCUT2D eigenvalue weighted by Crippen LogP contribution is -2.40. The molecule has 1 saturated heterocycles. The first-order valence-electron chi connectivity index (χ1n) is 10.2.